The van der Waals surface area contributed by atoms with Crippen molar-refractivity contribution in [2.75, 3.05) is 12.8 Å². The number of benzene rings is 1. The quantitative estimate of drug-likeness (QED) is 0.606. The molecule has 0 unspecified atom stereocenters. The molecule has 2 saturated heterocycles. The molecule has 0 spiro atoms. The highest BCUT2D eigenvalue weighted by Crippen LogP contribution is 2.33. The average molecular weight is 354 g/mol. The van der Waals surface area contributed by atoms with E-state index in [0.717, 1.165) is 24.9 Å². The minimum Gasteiger partial charge on any atom is -0.305 e. The van der Waals surface area contributed by atoms with Crippen molar-refractivity contribution in [3.05, 3.63) is 35.9 Å². The molecule has 2 amide bonds. The lowest BCUT2D eigenvalue weighted by atomic mass is 9.93. The van der Waals surface area contributed by atoms with Crippen LogP contribution >= 0.6 is 0 Å². The molecule has 132 valence electrons. The number of amides is 2. The number of carbonyl (C=O) groups is 2. The van der Waals surface area contributed by atoms with Crippen molar-refractivity contribution in [1.82, 2.24) is 10.2 Å². The van der Waals surface area contributed by atoms with Crippen LogP contribution in [0, 0.1) is 5.92 Å². The summed E-state index contributed by atoms with van der Waals surface area (Å²) in [6.07, 6.45) is 2.50. The Morgan fingerprint density at radius 2 is 1.79 bits per heavy atom. The summed E-state index contributed by atoms with van der Waals surface area (Å²) in [7, 11) is -3.67. The van der Waals surface area contributed by atoms with Crippen LogP contribution in [0.2, 0.25) is 0 Å². The van der Waals surface area contributed by atoms with Gasteiger partial charge in [-0.3, -0.25) is 19.0 Å². The molecule has 0 aliphatic carbocycles. The van der Waals surface area contributed by atoms with Gasteiger partial charge in [0.2, 0.25) is 11.8 Å². The molecule has 24 heavy (non-hydrogen) atoms. The molecular weight excluding hydrogens is 332 g/mol. The van der Waals surface area contributed by atoms with Gasteiger partial charge in [-0.25, -0.2) is 0 Å². The normalized spacial score (nSPS) is 24.9. The van der Waals surface area contributed by atoms with Crippen molar-refractivity contribution in [3.8, 4) is 0 Å². The van der Waals surface area contributed by atoms with E-state index in [1.807, 2.05) is 37.3 Å². The Balaban J connectivity index is 0.000000368. The van der Waals surface area contributed by atoms with Crippen LogP contribution in [0.3, 0.4) is 0 Å². The van der Waals surface area contributed by atoms with Gasteiger partial charge in [0.15, 0.2) is 0 Å². The summed E-state index contributed by atoms with van der Waals surface area (Å²) < 4.78 is 25.9. The first-order chi connectivity index (χ1) is 11.2. The van der Waals surface area contributed by atoms with Crippen molar-refractivity contribution in [2.24, 2.45) is 5.92 Å². The van der Waals surface area contributed by atoms with Gasteiger partial charge in [-0.15, -0.1) is 0 Å². The molecular formula is C16H22N2O5S. The monoisotopic (exact) mass is 354 g/mol. The first-order valence-corrected chi connectivity index (χ1v) is 9.62. The molecule has 2 N–H and O–H groups in total. The first-order valence-electron chi connectivity index (χ1n) is 7.78. The van der Waals surface area contributed by atoms with Gasteiger partial charge in [-0.2, -0.15) is 8.42 Å². The third-order valence-corrected chi connectivity index (χ3v) is 4.19. The number of hydrogen-bond donors (Lipinski definition) is 2. The highest BCUT2D eigenvalue weighted by Gasteiger charge is 2.49. The van der Waals surface area contributed by atoms with Gasteiger partial charge in [0.1, 0.15) is 0 Å². The maximum Gasteiger partial charge on any atom is 0.261 e. The van der Waals surface area contributed by atoms with E-state index >= 15 is 0 Å². The highest BCUT2D eigenvalue weighted by atomic mass is 32.2. The number of nitrogens with one attached hydrogen (secondary N) is 1. The number of piperidine rings is 1. The Labute approximate surface area is 141 Å². The maximum atomic E-state index is 12.4. The van der Waals surface area contributed by atoms with E-state index in [1.54, 1.807) is 0 Å². The van der Waals surface area contributed by atoms with Crippen LogP contribution in [0.15, 0.2) is 30.3 Å². The topological polar surface area (TPSA) is 104 Å². The summed E-state index contributed by atoms with van der Waals surface area (Å²) in [4.78, 5) is 26.3. The number of fused-ring (bicyclic) bond motifs is 1. The molecule has 8 heteroatoms. The predicted octanol–water partition coefficient (Wildman–Crippen LogP) is 0.989. The second kappa shape index (κ2) is 7.42. The molecule has 2 aliphatic rings. The van der Waals surface area contributed by atoms with Crippen LogP contribution in [-0.2, 0) is 19.7 Å². The second-order valence-corrected chi connectivity index (χ2v) is 7.51. The molecule has 2 heterocycles. The van der Waals surface area contributed by atoms with Crippen molar-refractivity contribution >= 4 is 21.9 Å². The van der Waals surface area contributed by atoms with Gasteiger partial charge in [-0.1, -0.05) is 30.3 Å². The van der Waals surface area contributed by atoms with Gasteiger partial charge in [0.25, 0.3) is 10.1 Å². The lowest BCUT2D eigenvalue weighted by Gasteiger charge is -2.23. The average Bonchev–Trinajstić information content (AvgIpc) is 2.78. The molecule has 7 nitrogen and oxygen atoms in total. The predicted molar refractivity (Wildman–Crippen MR) is 88.7 cm³/mol. The molecule has 2 aliphatic heterocycles. The number of imide groups is 1. The number of rotatable bonds is 2. The van der Waals surface area contributed by atoms with E-state index in [-0.39, 0.29) is 29.8 Å². The number of carbonyl (C=O) groups excluding carboxylic acids is 2. The van der Waals surface area contributed by atoms with Gasteiger partial charge >= 0.3 is 0 Å². The Morgan fingerprint density at radius 1 is 1.21 bits per heavy atom. The lowest BCUT2D eigenvalue weighted by Crippen LogP contribution is -2.44. The fourth-order valence-electron chi connectivity index (χ4n) is 3.11. The zero-order chi connectivity index (χ0) is 17.9. The third-order valence-electron chi connectivity index (χ3n) is 4.19. The van der Waals surface area contributed by atoms with Crippen LogP contribution in [0.5, 0.6) is 0 Å². The molecule has 3 rings (SSSR count). The Morgan fingerprint density at radius 3 is 2.33 bits per heavy atom. The summed E-state index contributed by atoms with van der Waals surface area (Å²) >= 11 is 0. The van der Waals surface area contributed by atoms with E-state index in [2.05, 4.69) is 5.32 Å². The highest BCUT2D eigenvalue weighted by molar-refractivity contribution is 7.85. The van der Waals surface area contributed by atoms with E-state index < -0.39 is 10.1 Å². The number of nitrogens with zero attached hydrogens (tertiary/aromatic N) is 1. The van der Waals surface area contributed by atoms with Crippen LogP contribution in [0.25, 0.3) is 0 Å². The number of hydrogen-bond acceptors (Lipinski definition) is 5. The zero-order valence-electron chi connectivity index (χ0n) is 13.7. The Bertz CT molecular complexity index is 672. The minimum atomic E-state index is -3.67. The second-order valence-electron chi connectivity index (χ2n) is 6.05. The zero-order valence-corrected chi connectivity index (χ0v) is 14.5. The number of likely N-dealkylation sites (tertiary alicyclic amines) is 1. The first kappa shape index (κ1) is 18.6. The van der Waals surface area contributed by atoms with Gasteiger partial charge in [0, 0.05) is 0 Å². The third kappa shape index (κ3) is 4.40. The standard InChI is InChI=1S/C15H18N2O2.CH4O3S/c1-10(11-6-3-2-4-7-11)17-14(18)12-8-5-9-16-13(12)15(17)19;1-5(2,3)4/h2-4,6-7,10,12-13,16H,5,8-9H2,1H3;1H3,(H,2,3,4)/t10-,12+,13-;/m0./s1. The van der Waals surface area contributed by atoms with Crippen LogP contribution in [-0.4, -0.2) is 48.5 Å². The van der Waals surface area contributed by atoms with E-state index in [4.69, 9.17) is 4.55 Å². The van der Waals surface area contributed by atoms with Crippen LogP contribution in [0.1, 0.15) is 31.4 Å². The summed E-state index contributed by atoms with van der Waals surface area (Å²) in [5.74, 6) is -0.239. The fraction of sp³-hybridized carbons (Fsp3) is 0.500. The molecule has 1 aromatic carbocycles. The van der Waals surface area contributed by atoms with Crippen molar-refractivity contribution < 1.29 is 22.6 Å². The molecule has 2 fully saturated rings. The summed E-state index contributed by atoms with van der Waals surface area (Å²) in [6.45, 7) is 2.75. The summed E-state index contributed by atoms with van der Waals surface area (Å²) in [6, 6.07) is 9.23. The van der Waals surface area contributed by atoms with Gasteiger partial charge in [0.05, 0.1) is 24.3 Å². The van der Waals surface area contributed by atoms with Crippen molar-refractivity contribution in [2.45, 2.75) is 31.8 Å². The smallest absolute Gasteiger partial charge is 0.261 e. The molecule has 1 aromatic rings. The minimum absolute atomic E-state index is 0.0152. The van der Waals surface area contributed by atoms with Crippen LogP contribution < -0.4 is 5.32 Å². The summed E-state index contributed by atoms with van der Waals surface area (Å²) in [5.41, 5.74) is 1.00. The Kier molecular flexibility index (Phi) is 5.74. The fourth-order valence-corrected chi connectivity index (χ4v) is 3.11. The lowest BCUT2D eigenvalue weighted by molar-refractivity contribution is -0.142. The molecule has 0 saturated carbocycles. The van der Waals surface area contributed by atoms with E-state index in [0.29, 0.717) is 6.26 Å². The molecule has 0 radical (unpaired) electrons. The van der Waals surface area contributed by atoms with Gasteiger partial charge in [-0.05, 0) is 31.9 Å². The molecule has 3 atom stereocenters. The Hall–Kier alpha value is -1.77. The van der Waals surface area contributed by atoms with Crippen molar-refractivity contribution in [1.29, 1.82) is 0 Å². The van der Waals surface area contributed by atoms with Crippen LogP contribution in [0.4, 0.5) is 0 Å². The van der Waals surface area contributed by atoms with E-state index in [9.17, 15) is 18.0 Å². The maximum absolute atomic E-state index is 12.4. The summed E-state index contributed by atoms with van der Waals surface area (Å²) in [5, 5.41) is 3.19. The van der Waals surface area contributed by atoms with Crippen molar-refractivity contribution in [3.63, 3.8) is 0 Å². The van der Waals surface area contributed by atoms with Gasteiger partial charge < -0.3 is 5.32 Å². The molecule has 0 aromatic heterocycles. The largest absolute Gasteiger partial charge is 0.305 e. The van der Waals surface area contributed by atoms with E-state index in [1.165, 1.54) is 4.90 Å². The molecule has 0 bridgehead atoms. The SMILES string of the molecule is CS(=O)(=O)O.C[C@@H](c1ccccc1)N1C(=O)[C@H]2NCCC[C@H]2C1=O.